The van der Waals surface area contributed by atoms with Crippen molar-refractivity contribution in [1.82, 2.24) is 0 Å². The smallest absolute Gasteiger partial charge is 0.310 e. The highest BCUT2D eigenvalue weighted by atomic mass is 32.5. The van der Waals surface area contributed by atoms with E-state index in [4.69, 9.17) is 4.74 Å². The standard InChI is InChI=1S/C12H15F5O2S/c1-12(2,3)19-11(18)8-9-4-6-10(7-5-9)20(13,14,15,16)17/h4-7H,8H2,1-3H3. The first-order valence-electron chi connectivity index (χ1n) is 5.62. The molecule has 1 rings (SSSR count). The van der Waals surface area contributed by atoms with Gasteiger partial charge in [0.15, 0.2) is 0 Å². The summed E-state index contributed by atoms with van der Waals surface area (Å²) >= 11 is 0. The molecule has 0 aliphatic carbocycles. The van der Waals surface area contributed by atoms with Crippen LogP contribution in [-0.4, -0.2) is 11.6 Å². The van der Waals surface area contributed by atoms with Gasteiger partial charge in [-0.25, -0.2) is 0 Å². The maximum Gasteiger partial charge on any atom is 0.310 e. The Morgan fingerprint density at radius 3 is 1.85 bits per heavy atom. The van der Waals surface area contributed by atoms with Crippen LogP contribution in [0.25, 0.3) is 0 Å². The zero-order chi connectivity index (χ0) is 15.9. The summed E-state index contributed by atoms with van der Waals surface area (Å²) in [5, 5.41) is 0. The molecule has 0 bridgehead atoms. The van der Waals surface area contributed by atoms with E-state index in [-0.39, 0.29) is 24.1 Å². The van der Waals surface area contributed by atoms with Gasteiger partial charge in [-0.2, -0.15) is 0 Å². The van der Waals surface area contributed by atoms with Crippen molar-refractivity contribution in [2.45, 2.75) is 37.7 Å². The van der Waals surface area contributed by atoms with E-state index in [1.54, 1.807) is 20.8 Å². The van der Waals surface area contributed by atoms with Crippen molar-refractivity contribution in [3.8, 4) is 0 Å². The maximum absolute atomic E-state index is 12.5. The zero-order valence-electron chi connectivity index (χ0n) is 11.1. The fraction of sp³-hybridized carbons (Fsp3) is 0.417. The molecular weight excluding hydrogens is 303 g/mol. The van der Waals surface area contributed by atoms with Crippen molar-refractivity contribution in [1.29, 1.82) is 0 Å². The van der Waals surface area contributed by atoms with Gasteiger partial charge in [-0.3, -0.25) is 4.79 Å². The van der Waals surface area contributed by atoms with E-state index in [0.29, 0.717) is 0 Å². The first kappa shape index (κ1) is 16.7. The topological polar surface area (TPSA) is 26.3 Å². The van der Waals surface area contributed by atoms with Crippen LogP contribution in [0.5, 0.6) is 0 Å². The molecule has 0 fully saturated rings. The average molecular weight is 318 g/mol. The largest absolute Gasteiger partial charge is 0.460 e. The van der Waals surface area contributed by atoms with Gasteiger partial charge in [0, 0.05) is 0 Å². The predicted molar refractivity (Wildman–Crippen MR) is 67.4 cm³/mol. The van der Waals surface area contributed by atoms with Crippen molar-refractivity contribution in [3.63, 3.8) is 0 Å². The van der Waals surface area contributed by atoms with Crippen LogP contribution in [0.2, 0.25) is 0 Å². The number of hydrogen-bond donors (Lipinski definition) is 0. The number of rotatable bonds is 3. The predicted octanol–water partition coefficient (Wildman–Crippen LogP) is 5.23. The molecule has 0 N–H and O–H groups in total. The van der Waals surface area contributed by atoms with E-state index in [2.05, 4.69) is 0 Å². The Kier molecular flexibility index (Phi) is 3.43. The van der Waals surface area contributed by atoms with Gasteiger partial charge in [0.25, 0.3) is 0 Å². The van der Waals surface area contributed by atoms with Crippen LogP contribution in [-0.2, 0) is 16.0 Å². The lowest BCUT2D eigenvalue weighted by atomic mass is 10.1. The molecule has 116 valence electrons. The molecule has 8 heteroatoms. The molecule has 0 amide bonds. The van der Waals surface area contributed by atoms with Gasteiger partial charge in [0.05, 0.1) is 6.42 Å². The lowest BCUT2D eigenvalue weighted by Gasteiger charge is -2.40. The highest BCUT2D eigenvalue weighted by Gasteiger charge is 2.65. The van der Waals surface area contributed by atoms with E-state index in [0.717, 1.165) is 12.1 Å². The van der Waals surface area contributed by atoms with Crippen LogP contribution < -0.4 is 0 Å². The molecule has 0 aliphatic rings. The fourth-order valence-corrected chi connectivity index (χ4v) is 2.06. The molecule has 2 nitrogen and oxygen atoms in total. The third kappa shape index (κ3) is 5.36. The maximum atomic E-state index is 12.5. The molecule has 1 aromatic rings. The van der Waals surface area contributed by atoms with E-state index in [1.165, 1.54) is 0 Å². The number of ether oxygens (including phenoxy) is 1. The molecule has 0 saturated heterocycles. The summed E-state index contributed by atoms with van der Waals surface area (Å²) in [7, 11) is -9.65. The molecule has 0 saturated carbocycles. The van der Waals surface area contributed by atoms with Gasteiger partial charge in [0.2, 0.25) is 0 Å². The number of carbonyl (C=O) groups is 1. The number of halogens is 5. The first-order chi connectivity index (χ1) is 8.57. The normalized spacial score (nSPS) is 16.2. The minimum absolute atomic E-state index is 0.171. The summed E-state index contributed by atoms with van der Waals surface area (Å²) in [5.41, 5.74) is -0.550. The van der Waals surface area contributed by atoms with Crippen LogP contribution in [0.15, 0.2) is 29.2 Å². The quantitative estimate of drug-likeness (QED) is 0.563. The Labute approximate surface area is 113 Å². The van der Waals surface area contributed by atoms with Crippen LogP contribution >= 0.6 is 10.2 Å². The molecule has 0 spiro atoms. The first-order valence-corrected chi connectivity index (χ1v) is 7.57. The van der Waals surface area contributed by atoms with Crippen molar-refractivity contribution in [2.75, 3.05) is 0 Å². The van der Waals surface area contributed by atoms with E-state index >= 15 is 0 Å². The summed E-state index contributed by atoms with van der Waals surface area (Å²) in [5.74, 6) is -0.641. The molecule has 1 aromatic carbocycles. The molecule has 0 atom stereocenters. The minimum atomic E-state index is -9.65. The van der Waals surface area contributed by atoms with Crippen molar-refractivity contribution >= 4 is 16.2 Å². The second-order valence-corrected chi connectivity index (χ2v) is 7.79. The Morgan fingerprint density at radius 1 is 1.05 bits per heavy atom. The van der Waals surface area contributed by atoms with Crippen molar-refractivity contribution < 1.29 is 29.0 Å². The number of hydrogen-bond acceptors (Lipinski definition) is 2. The molecule has 0 radical (unpaired) electrons. The molecule has 0 unspecified atom stereocenters. The van der Waals surface area contributed by atoms with Gasteiger partial charge in [-0.05, 0) is 38.5 Å². The summed E-state index contributed by atoms with van der Waals surface area (Å²) in [6, 6.07) is 2.25. The van der Waals surface area contributed by atoms with E-state index < -0.39 is 26.7 Å². The monoisotopic (exact) mass is 318 g/mol. The molecule has 0 aromatic heterocycles. The van der Waals surface area contributed by atoms with Crippen molar-refractivity contribution in [3.05, 3.63) is 29.8 Å². The summed E-state index contributed by atoms with van der Waals surface area (Å²) in [6.45, 7) is 4.92. The highest BCUT2D eigenvalue weighted by molar-refractivity contribution is 8.45. The van der Waals surface area contributed by atoms with Gasteiger partial charge in [-0.15, -0.1) is 0 Å². The molecule has 0 heterocycles. The third-order valence-corrected chi connectivity index (χ3v) is 3.30. The number of carbonyl (C=O) groups excluding carboxylic acids is 1. The van der Waals surface area contributed by atoms with Crippen LogP contribution in [0.3, 0.4) is 0 Å². The van der Waals surface area contributed by atoms with E-state index in [9.17, 15) is 24.2 Å². The zero-order valence-corrected chi connectivity index (χ0v) is 11.9. The number of esters is 1. The summed E-state index contributed by atoms with van der Waals surface area (Å²) in [4.78, 5) is 9.48. The molecule has 0 aliphatic heterocycles. The SMILES string of the molecule is CC(C)(C)OC(=O)Cc1ccc(S(F)(F)(F)(F)F)cc1. The molecule has 20 heavy (non-hydrogen) atoms. The van der Waals surface area contributed by atoms with E-state index in [1.807, 2.05) is 0 Å². The lowest BCUT2D eigenvalue weighted by Crippen LogP contribution is -2.24. The second-order valence-electron chi connectivity index (χ2n) is 5.38. The van der Waals surface area contributed by atoms with Crippen LogP contribution in [0, 0.1) is 0 Å². The second kappa shape index (κ2) is 4.09. The fourth-order valence-electron chi connectivity index (χ4n) is 1.41. The Hall–Kier alpha value is -1.31. The minimum Gasteiger partial charge on any atom is -0.460 e. The van der Waals surface area contributed by atoms with Gasteiger partial charge >= 0.3 is 16.2 Å². The lowest BCUT2D eigenvalue weighted by molar-refractivity contribution is -0.153. The third-order valence-electron chi connectivity index (χ3n) is 2.14. The molecular formula is C12H15F5O2S. The van der Waals surface area contributed by atoms with Crippen molar-refractivity contribution in [2.24, 2.45) is 0 Å². The number of benzene rings is 1. The summed E-state index contributed by atoms with van der Waals surface area (Å²) in [6.07, 6.45) is -0.280. The summed E-state index contributed by atoms with van der Waals surface area (Å²) < 4.78 is 67.3. The van der Waals surface area contributed by atoms with Crippen LogP contribution in [0.4, 0.5) is 19.4 Å². The Morgan fingerprint density at radius 2 is 1.50 bits per heavy atom. The van der Waals surface area contributed by atoms with Gasteiger partial charge in [-0.1, -0.05) is 31.6 Å². The highest BCUT2D eigenvalue weighted by Crippen LogP contribution is 3.02. The van der Waals surface area contributed by atoms with Gasteiger partial charge < -0.3 is 4.74 Å². The Balaban J connectivity index is 2.87. The average Bonchev–Trinajstić information content (AvgIpc) is 2.11. The van der Waals surface area contributed by atoms with Crippen LogP contribution in [0.1, 0.15) is 26.3 Å². The van der Waals surface area contributed by atoms with Gasteiger partial charge in [0.1, 0.15) is 10.5 Å². The Bertz CT molecular complexity index is 513.